The van der Waals surface area contributed by atoms with E-state index in [0.717, 1.165) is 12.8 Å². The predicted octanol–water partition coefficient (Wildman–Crippen LogP) is 3.71. The van der Waals surface area contributed by atoms with E-state index in [9.17, 15) is 4.39 Å². The summed E-state index contributed by atoms with van der Waals surface area (Å²) in [6.45, 7) is 0.528. The molecular formula is C16H14FNO. The third kappa shape index (κ3) is 3.82. The van der Waals surface area contributed by atoms with E-state index in [4.69, 9.17) is 10.00 Å². The van der Waals surface area contributed by atoms with Crippen molar-refractivity contribution in [2.24, 2.45) is 0 Å². The highest BCUT2D eigenvalue weighted by atomic mass is 19.1. The van der Waals surface area contributed by atoms with E-state index in [1.807, 2.05) is 18.2 Å². The van der Waals surface area contributed by atoms with Gasteiger partial charge in [-0.25, -0.2) is 4.39 Å². The molecule has 0 aliphatic heterocycles. The maximum atomic E-state index is 13.3. The molecule has 0 aliphatic rings. The van der Waals surface area contributed by atoms with Crippen molar-refractivity contribution in [3.63, 3.8) is 0 Å². The van der Waals surface area contributed by atoms with Crippen LogP contribution in [0, 0.1) is 17.1 Å². The minimum absolute atomic E-state index is 0.0386. The molecule has 0 atom stereocenters. The molecule has 0 aliphatic carbocycles. The van der Waals surface area contributed by atoms with Crippen LogP contribution in [0.3, 0.4) is 0 Å². The van der Waals surface area contributed by atoms with E-state index in [1.54, 1.807) is 12.1 Å². The van der Waals surface area contributed by atoms with Gasteiger partial charge in [0.05, 0.1) is 12.2 Å². The first kappa shape index (κ1) is 13.1. The highest BCUT2D eigenvalue weighted by molar-refractivity contribution is 5.36. The largest absolute Gasteiger partial charge is 0.493 e. The molecule has 2 aromatic rings. The van der Waals surface area contributed by atoms with Crippen LogP contribution in [0.5, 0.6) is 5.75 Å². The summed E-state index contributed by atoms with van der Waals surface area (Å²) in [7, 11) is 0. The van der Waals surface area contributed by atoms with Crippen LogP contribution < -0.4 is 4.74 Å². The number of benzene rings is 2. The third-order valence-electron chi connectivity index (χ3n) is 2.78. The van der Waals surface area contributed by atoms with Crippen LogP contribution in [0.25, 0.3) is 0 Å². The molecule has 96 valence electrons. The second-order valence-corrected chi connectivity index (χ2v) is 4.19. The molecule has 0 heterocycles. The number of ether oxygens (including phenoxy) is 1. The number of halogens is 1. The zero-order chi connectivity index (χ0) is 13.5. The Morgan fingerprint density at radius 3 is 2.58 bits per heavy atom. The van der Waals surface area contributed by atoms with Crippen molar-refractivity contribution >= 4 is 0 Å². The summed E-state index contributed by atoms with van der Waals surface area (Å²) < 4.78 is 18.8. The lowest BCUT2D eigenvalue weighted by atomic mass is 10.1. The summed E-state index contributed by atoms with van der Waals surface area (Å²) >= 11 is 0. The molecule has 3 heteroatoms. The smallest absolute Gasteiger partial charge is 0.144 e. The van der Waals surface area contributed by atoms with Crippen LogP contribution >= 0.6 is 0 Å². The van der Waals surface area contributed by atoms with E-state index in [2.05, 4.69) is 12.1 Å². The van der Waals surface area contributed by atoms with Crippen molar-refractivity contribution in [2.75, 3.05) is 6.61 Å². The lowest BCUT2D eigenvalue weighted by molar-refractivity contribution is 0.309. The lowest BCUT2D eigenvalue weighted by Gasteiger charge is -2.06. The molecule has 0 saturated heterocycles. The zero-order valence-electron chi connectivity index (χ0n) is 10.5. The van der Waals surface area contributed by atoms with Crippen molar-refractivity contribution in [2.45, 2.75) is 12.8 Å². The fourth-order valence-electron chi connectivity index (χ4n) is 1.79. The van der Waals surface area contributed by atoms with Gasteiger partial charge in [0.25, 0.3) is 0 Å². The molecule has 2 nitrogen and oxygen atoms in total. The van der Waals surface area contributed by atoms with Crippen LogP contribution in [0.2, 0.25) is 0 Å². The fourth-order valence-corrected chi connectivity index (χ4v) is 1.79. The van der Waals surface area contributed by atoms with Gasteiger partial charge in [0.1, 0.15) is 17.6 Å². The molecule has 0 saturated carbocycles. The quantitative estimate of drug-likeness (QED) is 0.763. The highest BCUT2D eigenvalue weighted by Crippen LogP contribution is 2.16. The van der Waals surface area contributed by atoms with Gasteiger partial charge in [-0.05, 0) is 30.5 Å². The first-order chi connectivity index (χ1) is 9.29. The van der Waals surface area contributed by atoms with E-state index >= 15 is 0 Å². The van der Waals surface area contributed by atoms with Gasteiger partial charge >= 0.3 is 0 Å². The van der Waals surface area contributed by atoms with Gasteiger partial charge in [-0.2, -0.15) is 5.26 Å². The third-order valence-corrected chi connectivity index (χ3v) is 2.78. The second kappa shape index (κ2) is 6.55. The minimum atomic E-state index is -0.539. The molecule has 0 amide bonds. The van der Waals surface area contributed by atoms with Gasteiger partial charge in [0, 0.05) is 6.07 Å². The molecule has 0 aromatic heterocycles. The Morgan fingerprint density at radius 1 is 1.11 bits per heavy atom. The average molecular weight is 255 g/mol. The molecule has 0 spiro atoms. The summed E-state index contributed by atoms with van der Waals surface area (Å²) in [5, 5.41) is 8.62. The van der Waals surface area contributed by atoms with Crippen LogP contribution in [-0.4, -0.2) is 6.61 Å². The topological polar surface area (TPSA) is 33.0 Å². The highest BCUT2D eigenvalue weighted by Gasteiger charge is 2.03. The monoisotopic (exact) mass is 255 g/mol. The molecule has 19 heavy (non-hydrogen) atoms. The van der Waals surface area contributed by atoms with Gasteiger partial charge in [0.2, 0.25) is 0 Å². The Bertz CT molecular complexity index is 575. The predicted molar refractivity (Wildman–Crippen MR) is 71.4 cm³/mol. The number of nitrogens with zero attached hydrogens (tertiary/aromatic N) is 1. The SMILES string of the molecule is N#Cc1ccc(OCCCc2ccccc2)cc1F. The van der Waals surface area contributed by atoms with E-state index < -0.39 is 5.82 Å². The standard InChI is InChI=1S/C16H14FNO/c17-16-11-15(9-8-14(16)12-18)19-10-4-7-13-5-2-1-3-6-13/h1-3,5-6,8-9,11H,4,7,10H2. The number of nitriles is 1. The number of rotatable bonds is 5. The van der Waals surface area contributed by atoms with E-state index in [0.29, 0.717) is 12.4 Å². The van der Waals surface area contributed by atoms with Gasteiger partial charge in [-0.15, -0.1) is 0 Å². The summed E-state index contributed by atoms with van der Waals surface area (Å²) in [5.41, 5.74) is 1.30. The molecule has 2 aromatic carbocycles. The lowest BCUT2D eigenvalue weighted by Crippen LogP contribution is -2.00. The number of hydrogen-bond acceptors (Lipinski definition) is 2. The Balaban J connectivity index is 1.80. The first-order valence-corrected chi connectivity index (χ1v) is 6.16. The summed E-state index contributed by atoms with van der Waals surface area (Å²) in [6, 6.07) is 16.2. The Labute approximate surface area is 112 Å². The van der Waals surface area contributed by atoms with Gasteiger partial charge in [-0.1, -0.05) is 30.3 Å². The summed E-state index contributed by atoms with van der Waals surface area (Å²) in [6.07, 6.45) is 1.80. The van der Waals surface area contributed by atoms with Gasteiger partial charge < -0.3 is 4.74 Å². The zero-order valence-corrected chi connectivity index (χ0v) is 10.5. The molecule has 0 bridgehead atoms. The van der Waals surface area contributed by atoms with Crippen molar-refractivity contribution in [1.82, 2.24) is 0 Å². The van der Waals surface area contributed by atoms with Gasteiger partial charge in [0.15, 0.2) is 0 Å². The average Bonchev–Trinajstić information content (AvgIpc) is 2.45. The molecule has 0 N–H and O–H groups in total. The number of aryl methyl sites for hydroxylation is 1. The molecule has 2 rings (SSSR count). The van der Waals surface area contributed by atoms with E-state index in [-0.39, 0.29) is 5.56 Å². The molecule has 0 fully saturated rings. The van der Waals surface area contributed by atoms with Crippen molar-refractivity contribution in [3.05, 3.63) is 65.5 Å². The fraction of sp³-hybridized carbons (Fsp3) is 0.188. The van der Waals surface area contributed by atoms with Gasteiger partial charge in [-0.3, -0.25) is 0 Å². The van der Waals surface area contributed by atoms with Crippen molar-refractivity contribution < 1.29 is 9.13 Å². The normalized spacial score (nSPS) is 9.89. The number of hydrogen-bond donors (Lipinski definition) is 0. The minimum Gasteiger partial charge on any atom is -0.493 e. The van der Waals surface area contributed by atoms with Crippen LogP contribution in [0.4, 0.5) is 4.39 Å². The Morgan fingerprint density at radius 2 is 1.89 bits per heavy atom. The maximum absolute atomic E-state index is 13.3. The maximum Gasteiger partial charge on any atom is 0.144 e. The van der Waals surface area contributed by atoms with Crippen LogP contribution in [-0.2, 0) is 6.42 Å². The Hall–Kier alpha value is -2.34. The first-order valence-electron chi connectivity index (χ1n) is 6.16. The van der Waals surface area contributed by atoms with E-state index in [1.165, 1.54) is 17.7 Å². The van der Waals surface area contributed by atoms with Crippen LogP contribution in [0.15, 0.2) is 48.5 Å². The molecule has 0 unspecified atom stereocenters. The van der Waals surface area contributed by atoms with Crippen molar-refractivity contribution in [1.29, 1.82) is 5.26 Å². The second-order valence-electron chi connectivity index (χ2n) is 4.19. The van der Waals surface area contributed by atoms with Crippen molar-refractivity contribution in [3.8, 4) is 11.8 Å². The summed E-state index contributed by atoms with van der Waals surface area (Å²) in [4.78, 5) is 0. The Kier molecular flexibility index (Phi) is 4.52. The summed E-state index contributed by atoms with van der Waals surface area (Å²) in [5.74, 6) is -0.0763. The van der Waals surface area contributed by atoms with Crippen LogP contribution in [0.1, 0.15) is 17.5 Å². The molecular weight excluding hydrogens is 241 g/mol. The molecule has 0 radical (unpaired) electrons.